The van der Waals surface area contributed by atoms with Gasteiger partial charge in [-0.15, -0.1) is 0 Å². The third-order valence-corrected chi connectivity index (χ3v) is 7.45. The summed E-state index contributed by atoms with van der Waals surface area (Å²) in [7, 11) is 0. The Morgan fingerprint density at radius 2 is 1.62 bits per heavy atom. The number of fused-ring (bicyclic) bond motifs is 1. The lowest BCUT2D eigenvalue weighted by Gasteiger charge is -2.44. The summed E-state index contributed by atoms with van der Waals surface area (Å²) in [6.07, 6.45) is 1.63. The van der Waals surface area contributed by atoms with E-state index in [0.29, 0.717) is 30.6 Å². The molecule has 0 bridgehead atoms. The number of carbonyl (C=O) groups excluding carboxylic acids is 1. The second-order valence-corrected chi connectivity index (χ2v) is 10.1. The van der Waals surface area contributed by atoms with E-state index >= 15 is 0 Å². The van der Waals surface area contributed by atoms with Crippen molar-refractivity contribution in [3.63, 3.8) is 0 Å². The second kappa shape index (κ2) is 10.7. The van der Waals surface area contributed by atoms with Gasteiger partial charge in [0.1, 0.15) is 0 Å². The van der Waals surface area contributed by atoms with E-state index in [9.17, 15) is 9.59 Å². The molecular weight excluding hydrogens is 488 g/mol. The number of aryl methyl sites for hydroxylation is 1. The van der Waals surface area contributed by atoms with Crippen molar-refractivity contribution in [3.8, 4) is 22.9 Å². The number of nitrogens with zero attached hydrogens (tertiary/aromatic N) is 4. The first-order valence-corrected chi connectivity index (χ1v) is 13.3. The molecule has 1 aliphatic heterocycles. The van der Waals surface area contributed by atoms with Gasteiger partial charge in [-0.1, -0.05) is 24.3 Å². The number of pyridine rings is 1. The number of piperazine rings is 1. The number of carbonyl (C=O) groups is 1. The van der Waals surface area contributed by atoms with Gasteiger partial charge in [-0.25, -0.2) is 4.79 Å². The minimum atomic E-state index is -0.263. The van der Waals surface area contributed by atoms with Crippen LogP contribution < -0.4 is 10.5 Å². The maximum absolute atomic E-state index is 13.7. The van der Waals surface area contributed by atoms with E-state index in [0.717, 1.165) is 33.5 Å². The zero-order chi connectivity index (χ0) is 27.7. The molecule has 0 unspecified atom stereocenters. The zero-order valence-electron chi connectivity index (χ0n) is 22.7. The second-order valence-electron chi connectivity index (χ2n) is 10.1. The molecule has 39 heavy (non-hydrogen) atoms. The third-order valence-electron chi connectivity index (χ3n) is 7.45. The Bertz CT molecular complexity index is 1610. The van der Waals surface area contributed by atoms with E-state index in [4.69, 9.17) is 10.00 Å². The van der Waals surface area contributed by atoms with Crippen LogP contribution in [0.2, 0.25) is 0 Å². The van der Waals surface area contributed by atoms with Gasteiger partial charge < -0.3 is 9.64 Å². The van der Waals surface area contributed by atoms with E-state index in [1.54, 1.807) is 16.7 Å². The SMILES string of the molecule is CCOC(=O)N1[C@H](C)CN(c2ccc(-n3cc(C)c4c(-c5ccc(C#N)cc5)cccc4c3=O)cc2)C[C@H]1C. The Balaban J connectivity index is 1.45. The average molecular weight is 521 g/mol. The van der Waals surface area contributed by atoms with Crippen molar-refractivity contribution >= 4 is 22.6 Å². The Labute approximate surface area is 228 Å². The van der Waals surface area contributed by atoms with Gasteiger partial charge in [0.25, 0.3) is 5.56 Å². The van der Waals surface area contributed by atoms with Gasteiger partial charge >= 0.3 is 6.09 Å². The first-order valence-electron chi connectivity index (χ1n) is 13.3. The van der Waals surface area contributed by atoms with E-state index in [1.807, 2.05) is 93.4 Å². The Morgan fingerprint density at radius 1 is 0.974 bits per heavy atom. The number of benzene rings is 3. The summed E-state index contributed by atoms with van der Waals surface area (Å²) in [5, 5.41) is 10.7. The number of amides is 1. The molecule has 4 aromatic rings. The van der Waals surface area contributed by atoms with Gasteiger partial charge in [0.15, 0.2) is 0 Å². The fourth-order valence-corrected chi connectivity index (χ4v) is 5.67. The lowest BCUT2D eigenvalue weighted by atomic mass is 9.96. The highest BCUT2D eigenvalue weighted by Gasteiger charge is 2.33. The molecule has 1 saturated heterocycles. The van der Waals surface area contributed by atoms with Crippen molar-refractivity contribution in [3.05, 3.63) is 94.4 Å². The number of anilines is 1. The van der Waals surface area contributed by atoms with E-state index in [-0.39, 0.29) is 23.7 Å². The third kappa shape index (κ3) is 4.86. The molecule has 7 heteroatoms. The molecule has 1 amide bonds. The summed E-state index contributed by atoms with van der Waals surface area (Å²) >= 11 is 0. The van der Waals surface area contributed by atoms with Gasteiger partial charge in [0, 0.05) is 36.0 Å². The van der Waals surface area contributed by atoms with Crippen molar-refractivity contribution in [2.75, 3.05) is 24.6 Å². The molecule has 5 rings (SSSR count). The number of nitriles is 1. The summed E-state index contributed by atoms with van der Waals surface area (Å²) in [6.45, 7) is 9.69. The summed E-state index contributed by atoms with van der Waals surface area (Å²) in [6, 6.07) is 23.4. The normalized spacial score (nSPS) is 17.2. The number of rotatable bonds is 4. The van der Waals surface area contributed by atoms with Crippen molar-refractivity contribution in [2.45, 2.75) is 39.8 Å². The number of ether oxygens (including phenoxy) is 1. The van der Waals surface area contributed by atoms with Gasteiger partial charge in [-0.2, -0.15) is 5.26 Å². The van der Waals surface area contributed by atoms with Crippen molar-refractivity contribution in [2.24, 2.45) is 0 Å². The number of hydrogen-bond donors (Lipinski definition) is 0. The number of aromatic nitrogens is 1. The van der Waals surface area contributed by atoms with Crippen molar-refractivity contribution in [1.82, 2.24) is 9.47 Å². The summed E-state index contributed by atoms with van der Waals surface area (Å²) in [4.78, 5) is 30.1. The molecule has 198 valence electrons. The van der Waals surface area contributed by atoms with Crippen LogP contribution in [0, 0.1) is 18.3 Å². The molecule has 1 fully saturated rings. The molecule has 1 aromatic heterocycles. The molecule has 7 nitrogen and oxygen atoms in total. The Kier molecular flexibility index (Phi) is 7.12. The van der Waals surface area contributed by atoms with Gasteiger partial charge in [-0.05, 0) is 92.2 Å². The van der Waals surface area contributed by atoms with Gasteiger partial charge in [0.2, 0.25) is 0 Å². The standard InChI is InChI=1S/C32H32N4O3/c1-5-39-32(38)36-22(3)19-34(20-23(36)4)26-13-15-27(16-14-26)35-18-21(2)30-28(7-6-8-29(30)31(35)37)25-11-9-24(17-33)10-12-25/h6-16,18,22-23H,5,19-20H2,1-4H3/t22-,23-/m1/s1. The van der Waals surface area contributed by atoms with Crippen LogP contribution in [0.5, 0.6) is 0 Å². The van der Waals surface area contributed by atoms with Crippen LogP contribution in [-0.2, 0) is 4.74 Å². The summed E-state index contributed by atoms with van der Waals surface area (Å²) in [5.41, 5.74) is 5.30. The highest BCUT2D eigenvalue weighted by atomic mass is 16.6. The van der Waals surface area contributed by atoms with Crippen LogP contribution >= 0.6 is 0 Å². The van der Waals surface area contributed by atoms with Crippen LogP contribution in [-0.4, -0.2) is 47.3 Å². The molecule has 0 aliphatic carbocycles. The zero-order valence-corrected chi connectivity index (χ0v) is 22.7. The molecule has 3 aromatic carbocycles. The molecule has 1 aliphatic rings. The van der Waals surface area contributed by atoms with Crippen LogP contribution in [0.1, 0.15) is 31.9 Å². The van der Waals surface area contributed by atoms with Crippen LogP contribution in [0.15, 0.2) is 77.7 Å². The van der Waals surface area contributed by atoms with Gasteiger partial charge in [-0.3, -0.25) is 14.3 Å². The topological polar surface area (TPSA) is 78.6 Å². The molecular formula is C32H32N4O3. The minimum Gasteiger partial charge on any atom is -0.450 e. The highest BCUT2D eigenvalue weighted by molar-refractivity contribution is 5.98. The Morgan fingerprint density at radius 3 is 2.23 bits per heavy atom. The molecule has 0 radical (unpaired) electrons. The molecule has 2 atom stereocenters. The molecule has 0 spiro atoms. The minimum absolute atomic E-state index is 0.0172. The van der Waals surface area contributed by atoms with Crippen molar-refractivity contribution in [1.29, 1.82) is 5.26 Å². The summed E-state index contributed by atoms with van der Waals surface area (Å²) in [5.74, 6) is 0. The maximum Gasteiger partial charge on any atom is 0.410 e. The van der Waals surface area contributed by atoms with Crippen LogP contribution in [0.4, 0.5) is 10.5 Å². The van der Waals surface area contributed by atoms with Crippen molar-refractivity contribution < 1.29 is 9.53 Å². The lowest BCUT2D eigenvalue weighted by molar-refractivity contribution is 0.0698. The monoisotopic (exact) mass is 520 g/mol. The molecule has 0 N–H and O–H groups in total. The van der Waals surface area contributed by atoms with Crippen LogP contribution in [0.25, 0.3) is 27.6 Å². The van der Waals surface area contributed by atoms with E-state index < -0.39 is 0 Å². The lowest BCUT2D eigenvalue weighted by Crippen LogP contribution is -2.58. The largest absolute Gasteiger partial charge is 0.450 e. The fourth-order valence-electron chi connectivity index (χ4n) is 5.67. The van der Waals surface area contributed by atoms with E-state index in [2.05, 4.69) is 11.0 Å². The molecule has 0 saturated carbocycles. The average Bonchev–Trinajstić information content (AvgIpc) is 2.94. The maximum atomic E-state index is 13.7. The Hall–Kier alpha value is -4.57. The first-order chi connectivity index (χ1) is 18.8. The predicted molar refractivity (Wildman–Crippen MR) is 154 cm³/mol. The quantitative estimate of drug-likeness (QED) is 0.335. The fraction of sp³-hybridized carbons (Fsp3) is 0.281. The van der Waals surface area contributed by atoms with Crippen LogP contribution in [0.3, 0.4) is 0 Å². The predicted octanol–water partition coefficient (Wildman–Crippen LogP) is 5.89. The van der Waals surface area contributed by atoms with E-state index in [1.165, 1.54) is 0 Å². The number of hydrogen-bond acceptors (Lipinski definition) is 5. The highest BCUT2D eigenvalue weighted by Crippen LogP contribution is 2.31. The van der Waals surface area contributed by atoms with Gasteiger partial charge in [0.05, 0.1) is 30.3 Å². The molecule has 2 heterocycles. The smallest absolute Gasteiger partial charge is 0.410 e. The first kappa shape index (κ1) is 26.1. The summed E-state index contributed by atoms with van der Waals surface area (Å²) < 4.78 is 6.95.